The predicted molar refractivity (Wildman–Crippen MR) is 66.0 cm³/mol. The Kier molecular flexibility index (Phi) is 2.60. The minimum atomic E-state index is -0.0619. The zero-order chi connectivity index (χ0) is 11.9. The van der Waals surface area contributed by atoms with E-state index in [9.17, 15) is 0 Å². The van der Waals surface area contributed by atoms with Crippen molar-refractivity contribution < 1.29 is 9.47 Å². The van der Waals surface area contributed by atoms with Crippen LogP contribution in [-0.2, 0) is 4.74 Å². The third-order valence-electron chi connectivity index (χ3n) is 3.84. The van der Waals surface area contributed by atoms with Crippen molar-refractivity contribution in [1.82, 2.24) is 0 Å². The molecule has 3 nitrogen and oxygen atoms in total. The maximum absolute atomic E-state index is 6.23. The average molecular weight is 233 g/mol. The fourth-order valence-electron chi connectivity index (χ4n) is 3.04. The number of hydrogen-bond acceptors (Lipinski definition) is 3. The van der Waals surface area contributed by atoms with Crippen LogP contribution < -0.4 is 10.5 Å². The largest absolute Gasteiger partial charge is 0.487 e. The minimum absolute atomic E-state index is 0.0619. The Morgan fingerprint density at radius 1 is 1.35 bits per heavy atom. The molecule has 1 spiro atoms. The third-order valence-corrected chi connectivity index (χ3v) is 3.84. The van der Waals surface area contributed by atoms with E-state index < -0.39 is 0 Å². The topological polar surface area (TPSA) is 44.5 Å². The number of nitrogens with two attached hydrogens (primary N) is 1. The van der Waals surface area contributed by atoms with Crippen LogP contribution in [0.2, 0.25) is 0 Å². The fraction of sp³-hybridized carbons (Fsp3) is 0.571. The first-order valence-electron chi connectivity index (χ1n) is 6.37. The summed E-state index contributed by atoms with van der Waals surface area (Å²) in [4.78, 5) is 0. The highest BCUT2D eigenvalue weighted by molar-refractivity contribution is 5.39. The lowest BCUT2D eigenvalue weighted by Gasteiger charge is -2.50. The lowest BCUT2D eigenvalue weighted by molar-refractivity contribution is -0.134. The Balaban J connectivity index is 1.77. The summed E-state index contributed by atoms with van der Waals surface area (Å²) in [6.45, 7) is 2.82. The van der Waals surface area contributed by atoms with Gasteiger partial charge in [0.25, 0.3) is 0 Å². The summed E-state index contributed by atoms with van der Waals surface area (Å²) >= 11 is 0. The summed E-state index contributed by atoms with van der Waals surface area (Å²) in [5, 5.41) is 0. The highest BCUT2D eigenvalue weighted by atomic mass is 16.5. The van der Waals surface area contributed by atoms with Crippen molar-refractivity contribution in [3.63, 3.8) is 0 Å². The van der Waals surface area contributed by atoms with E-state index in [2.05, 4.69) is 6.07 Å². The average Bonchev–Trinajstić information content (AvgIpc) is 2.27. The van der Waals surface area contributed by atoms with E-state index in [0.717, 1.165) is 37.2 Å². The van der Waals surface area contributed by atoms with Gasteiger partial charge in [0.15, 0.2) is 0 Å². The smallest absolute Gasteiger partial charge is 0.124 e. The van der Waals surface area contributed by atoms with Gasteiger partial charge in [0.05, 0.1) is 6.10 Å². The molecule has 1 fully saturated rings. The number of fused-ring (bicyclic) bond motifs is 1. The first-order valence-corrected chi connectivity index (χ1v) is 6.37. The second-order valence-corrected chi connectivity index (χ2v) is 5.12. The maximum atomic E-state index is 6.23. The third kappa shape index (κ3) is 1.83. The zero-order valence-electron chi connectivity index (χ0n) is 10.2. The van der Waals surface area contributed by atoms with Crippen LogP contribution in [-0.4, -0.2) is 18.3 Å². The molecule has 1 heterocycles. The molecule has 0 radical (unpaired) electrons. The van der Waals surface area contributed by atoms with E-state index in [0.29, 0.717) is 6.10 Å². The Labute approximate surface area is 102 Å². The molecule has 0 bridgehead atoms. The Morgan fingerprint density at radius 3 is 2.88 bits per heavy atom. The molecule has 1 saturated carbocycles. The fourth-order valence-corrected chi connectivity index (χ4v) is 3.04. The van der Waals surface area contributed by atoms with Crippen LogP contribution in [0, 0.1) is 0 Å². The van der Waals surface area contributed by atoms with Crippen LogP contribution in [0.25, 0.3) is 0 Å². The molecule has 3 heteroatoms. The first kappa shape index (κ1) is 11.1. The molecule has 1 aliphatic carbocycles. The molecule has 1 aliphatic heterocycles. The van der Waals surface area contributed by atoms with E-state index in [-0.39, 0.29) is 11.6 Å². The molecule has 1 atom stereocenters. The van der Waals surface area contributed by atoms with Gasteiger partial charge in [-0.3, -0.25) is 0 Å². The van der Waals surface area contributed by atoms with Crippen molar-refractivity contribution in [1.29, 1.82) is 0 Å². The van der Waals surface area contributed by atoms with Gasteiger partial charge in [0.1, 0.15) is 11.4 Å². The Bertz CT molecular complexity index is 412. The summed E-state index contributed by atoms with van der Waals surface area (Å²) in [6.07, 6.45) is 3.22. The van der Waals surface area contributed by atoms with Gasteiger partial charge in [-0.25, -0.2) is 0 Å². The van der Waals surface area contributed by atoms with Gasteiger partial charge in [-0.15, -0.1) is 0 Å². The van der Waals surface area contributed by atoms with E-state index in [4.69, 9.17) is 15.2 Å². The summed E-state index contributed by atoms with van der Waals surface area (Å²) in [6, 6.07) is 8.20. The minimum Gasteiger partial charge on any atom is -0.487 e. The van der Waals surface area contributed by atoms with Crippen LogP contribution in [0.15, 0.2) is 24.3 Å². The highest BCUT2D eigenvalue weighted by Crippen LogP contribution is 2.48. The second kappa shape index (κ2) is 4.00. The van der Waals surface area contributed by atoms with Crippen LogP contribution >= 0.6 is 0 Å². The van der Waals surface area contributed by atoms with Crippen LogP contribution in [0.1, 0.15) is 37.8 Å². The number of para-hydroxylation sites is 1. The van der Waals surface area contributed by atoms with Crippen molar-refractivity contribution in [2.24, 2.45) is 5.73 Å². The van der Waals surface area contributed by atoms with E-state index >= 15 is 0 Å². The standard InChI is InChI=1S/C14H19NO2/c1-2-16-10-7-14(8-10)9-12(15)11-5-3-4-6-13(11)17-14/h3-6,10,12H,2,7-9,15H2,1H3/t10?,12-,14?/m1/s1. The number of ether oxygens (including phenoxy) is 2. The molecular weight excluding hydrogens is 214 g/mol. The normalized spacial score (nSPS) is 34.9. The summed E-state index contributed by atoms with van der Waals surface area (Å²) < 4.78 is 11.8. The Morgan fingerprint density at radius 2 is 2.12 bits per heavy atom. The molecular formula is C14H19NO2. The van der Waals surface area contributed by atoms with Gasteiger partial charge in [-0.1, -0.05) is 18.2 Å². The molecule has 2 N–H and O–H groups in total. The second-order valence-electron chi connectivity index (χ2n) is 5.12. The van der Waals surface area contributed by atoms with Gasteiger partial charge in [0, 0.05) is 37.5 Å². The van der Waals surface area contributed by atoms with E-state index in [1.165, 1.54) is 0 Å². The summed E-state index contributed by atoms with van der Waals surface area (Å²) in [5.74, 6) is 0.959. The van der Waals surface area contributed by atoms with Crippen molar-refractivity contribution in [2.45, 2.75) is 43.9 Å². The number of benzene rings is 1. The van der Waals surface area contributed by atoms with Crippen LogP contribution in [0.3, 0.4) is 0 Å². The summed E-state index contributed by atoms with van der Waals surface area (Å²) in [7, 11) is 0. The van der Waals surface area contributed by atoms with Crippen molar-refractivity contribution in [2.75, 3.05) is 6.61 Å². The van der Waals surface area contributed by atoms with Crippen LogP contribution in [0.5, 0.6) is 5.75 Å². The van der Waals surface area contributed by atoms with Gasteiger partial charge >= 0.3 is 0 Å². The molecule has 0 saturated heterocycles. The van der Waals surface area contributed by atoms with Crippen LogP contribution in [0.4, 0.5) is 0 Å². The van der Waals surface area contributed by atoms with Crippen molar-refractivity contribution in [3.05, 3.63) is 29.8 Å². The Hall–Kier alpha value is -1.06. The quantitative estimate of drug-likeness (QED) is 0.853. The molecule has 1 aromatic carbocycles. The van der Waals surface area contributed by atoms with Gasteiger partial charge in [-0.2, -0.15) is 0 Å². The molecule has 3 rings (SSSR count). The monoisotopic (exact) mass is 233 g/mol. The van der Waals surface area contributed by atoms with Crippen molar-refractivity contribution in [3.8, 4) is 5.75 Å². The maximum Gasteiger partial charge on any atom is 0.124 e. The number of hydrogen-bond donors (Lipinski definition) is 1. The van der Waals surface area contributed by atoms with Crippen molar-refractivity contribution >= 4 is 0 Å². The zero-order valence-corrected chi connectivity index (χ0v) is 10.2. The lowest BCUT2D eigenvalue weighted by atomic mass is 9.71. The molecule has 0 amide bonds. The highest BCUT2D eigenvalue weighted by Gasteiger charge is 2.50. The molecule has 0 aromatic heterocycles. The molecule has 17 heavy (non-hydrogen) atoms. The van der Waals surface area contributed by atoms with Gasteiger partial charge in [0.2, 0.25) is 0 Å². The van der Waals surface area contributed by atoms with E-state index in [1.54, 1.807) is 0 Å². The van der Waals surface area contributed by atoms with E-state index in [1.807, 2.05) is 25.1 Å². The van der Waals surface area contributed by atoms with Gasteiger partial charge in [-0.05, 0) is 13.0 Å². The van der Waals surface area contributed by atoms with Gasteiger partial charge < -0.3 is 15.2 Å². The lowest BCUT2D eigenvalue weighted by Crippen LogP contribution is -2.55. The number of rotatable bonds is 2. The summed E-state index contributed by atoms with van der Waals surface area (Å²) in [5.41, 5.74) is 7.31. The predicted octanol–water partition coefficient (Wildman–Crippen LogP) is 2.41. The first-order chi connectivity index (χ1) is 8.22. The molecule has 92 valence electrons. The SMILES string of the molecule is CCOC1CC2(C1)C[C@@H](N)c1ccccc1O2. The molecule has 0 unspecified atom stereocenters. The molecule has 2 aliphatic rings. The molecule has 1 aromatic rings.